The summed E-state index contributed by atoms with van der Waals surface area (Å²) in [6.45, 7) is 0. The van der Waals surface area contributed by atoms with E-state index in [2.05, 4.69) is 15.9 Å². The third-order valence-electron chi connectivity index (χ3n) is 2.72. The third kappa shape index (κ3) is 2.41. The van der Waals surface area contributed by atoms with Crippen molar-refractivity contribution in [1.82, 2.24) is 0 Å². The summed E-state index contributed by atoms with van der Waals surface area (Å²) >= 11 is 3.28. The predicted molar refractivity (Wildman–Crippen MR) is 73.7 cm³/mol. The Bertz CT molecular complexity index is 433. The summed E-state index contributed by atoms with van der Waals surface area (Å²) < 4.78 is 22.9. The Kier molecular flexibility index (Phi) is 4.18. The molecule has 1 fully saturated rings. The topological polar surface area (TPSA) is 54.4 Å². The van der Waals surface area contributed by atoms with Crippen LogP contribution >= 0.6 is 15.9 Å². The van der Waals surface area contributed by atoms with Crippen LogP contribution in [0.15, 0.2) is 30.3 Å². The molecule has 1 saturated heterocycles. The molecule has 6 heteroatoms. The molecule has 1 aliphatic heterocycles. The van der Waals surface area contributed by atoms with Crippen LogP contribution < -0.4 is 0 Å². The van der Waals surface area contributed by atoms with Crippen molar-refractivity contribution in [2.24, 2.45) is 0 Å². The zero-order valence-corrected chi connectivity index (χ0v) is 12.3. The number of aliphatic hydroxyl groups is 1. The molecule has 1 N–H and O–H groups in total. The van der Waals surface area contributed by atoms with E-state index in [4.69, 9.17) is 0 Å². The second-order valence-corrected chi connectivity index (χ2v) is 9.89. The van der Waals surface area contributed by atoms with Gasteiger partial charge in [-0.3, -0.25) is 8.42 Å². The van der Waals surface area contributed by atoms with Gasteiger partial charge in [0, 0.05) is 11.5 Å². The molecule has 1 aromatic carbocycles. The molecule has 1 aromatic rings. The Morgan fingerprint density at radius 2 is 1.71 bits per heavy atom. The average Bonchev–Trinajstić information content (AvgIpc) is 2.36. The highest BCUT2D eigenvalue weighted by atomic mass is 79.9. The molecule has 0 saturated carbocycles. The molecule has 1 aliphatic rings. The molecule has 1 heterocycles. The molecule has 0 spiro atoms. The van der Waals surface area contributed by atoms with Crippen LogP contribution in [0.2, 0.25) is 0 Å². The van der Waals surface area contributed by atoms with Crippen LogP contribution in [0.5, 0.6) is 0 Å². The fraction of sp³-hybridized carbons (Fsp3) is 0.455. The lowest BCUT2D eigenvalue weighted by atomic mass is 10.1. The van der Waals surface area contributed by atoms with Crippen molar-refractivity contribution in [3.63, 3.8) is 0 Å². The molecule has 2 rings (SSSR count). The van der Waals surface area contributed by atoms with Crippen molar-refractivity contribution in [2.45, 2.75) is 15.5 Å². The van der Waals surface area contributed by atoms with Crippen LogP contribution in [0.25, 0.3) is 0 Å². The van der Waals surface area contributed by atoms with Crippen LogP contribution in [0, 0.1) is 0 Å². The first-order valence-corrected chi connectivity index (χ1v) is 8.69. The minimum Gasteiger partial charge on any atom is -0.385 e. The largest absolute Gasteiger partial charge is 0.385 e. The molecule has 0 aromatic heterocycles. The number of rotatable bonds is 2. The van der Waals surface area contributed by atoms with Gasteiger partial charge in [-0.2, -0.15) is 0 Å². The Balaban J connectivity index is 2.37. The molecule has 0 bridgehead atoms. The Labute approximate surface area is 114 Å². The summed E-state index contributed by atoms with van der Waals surface area (Å²) in [5.41, 5.74) is 0.632. The summed E-state index contributed by atoms with van der Waals surface area (Å²) in [5, 5.41) is 10.3. The van der Waals surface area contributed by atoms with Crippen molar-refractivity contribution in [3.8, 4) is 0 Å². The van der Waals surface area contributed by atoms with Crippen molar-refractivity contribution in [3.05, 3.63) is 35.9 Å². The van der Waals surface area contributed by atoms with Gasteiger partial charge < -0.3 is 5.11 Å². The van der Waals surface area contributed by atoms with Gasteiger partial charge in [0.1, 0.15) is 6.10 Å². The van der Waals surface area contributed by atoms with Crippen molar-refractivity contribution < 1.29 is 13.5 Å². The van der Waals surface area contributed by atoms with Gasteiger partial charge in [-0.05, 0) is 12.0 Å². The lowest BCUT2D eigenvalue weighted by Gasteiger charge is -2.34. The van der Waals surface area contributed by atoms with Crippen molar-refractivity contribution in [1.29, 1.82) is 0 Å². The summed E-state index contributed by atoms with van der Waals surface area (Å²) in [5.74, 6) is 0.946. The van der Waals surface area contributed by atoms with Gasteiger partial charge in [-0.25, -0.2) is 0 Å². The van der Waals surface area contributed by atoms with E-state index in [1.165, 1.54) is 0 Å². The van der Waals surface area contributed by atoms with Gasteiger partial charge in [-0.15, -0.1) is 0 Å². The van der Waals surface area contributed by atoms with E-state index in [0.717, 1.165) is 0 Å². The first kappa shape index (κ1) is 13.4. The third-order valence-corrected chi connectivity index (χ3v) is 9.45. The van der Waals surface area contributed by atoms with Gasteiger partial charge in [-0.1, -0.05) is 46.3 Å². The molecule has 0 radical (unpaired) electrons. The highest BCUT2D eigenvalue weighted by Crippen LogP contribution is 2.42. The first-order valence-electron chi connectivity index (χ1n) is 5.25. The molecule has 3 atom stereocenters. The Morgan fingerprint density at radius 3 is 2.24 bits per heavy atom. The molecule has 3 nitrogen and oxygen atoms in total. The standard InChI is InChI=1S/C11H13BrO3S2/c12-11(16(14)7-4-8-17(11)15)10(13)9-5-2-1-3-6-9/h1-3,5-6,10,13H,4,7-8H2/t10-,11?,16?,17?/m0/s1. The minimum absolute atomic E-state index is 0.473. The maximum Gasteiger partial charge on any atom is 0.204 e. The van der Waals surface area contributed by atoms with E-state index in [1.807, 2.05) is 6.07 Å². The van der Waals surface area contributed by atoms with Gasteiger partial charge in [0.25, 0.3) is 0 Å². The molecule has 2 unspecified atom stereocenters. The van der Waals surface area contributed by atoms with Gasteiger partial charge >= 0.3 is 0 Å². The Morgan fingerprint density at radius 1 is 1.18 bits per heavy atom. The zero-order chi connectivity index (χ0) is 12.5. The maximum atomic E-state index is 12.1. The summed E-state index contributed by atoms with van der Waals surface area (Å²) in [6, 6.07) is 8.92. The summed E-state index contributed by atoms with van der Waals surface area (Å²) in [6.07, 6.45) is -0.348. The van der Waals surface area contributed by atoms with Crippen LogP contribution in [0.3, 0.4) is 0 Å². The van der Waals surface area contributed by atoms with E-state index < -0.39 is 30.7 Å². The van der Waals surface area contributed by atoms with Gasteiger partial charge in [0.15, 0.2) is 0 Å². The molecular formula is C11H13BrO3S2. The monoisotopic (exact) mass is 336 g/mol. The SMILES string of the molecule is O=S1CCCS(=O)C1(Br)[C@@H](O)c1ccccc1. The fourth-order valence-corrected chi connectivity index (χ4v) is 6.67. The van der Waals surface area contributed by atoms with Gasteiger partial charge in [0.05, 0.1) is 21.6 Å². The molecule has 0 amide bonds. The van der Waals surface area contributed by atoms with E-state index in [0.29, 0.717) is 23.5 Å². The zero-order valence-electron chi connectivity index (χ0n) is 9.04. The number of aliphatic hydroxyl groups excluding tert-OH is 1. The number of halogens is 1. The molecule has 0 aliphatic carbocycles. The van der Waals surface area contributed by atoms with Crippen molar-refractivity contribution >= 4 is 37.5 Å². The molecule has 94 valence electrons. The van der Waals surface area contributed by atoms with E-state index in [-0.39, 0.29) is 0 Å². The smallest absolute Gasteiger partial charge is 0.204 e. The first-order chi connectivity index (χ1) is 8.06. The highest BCUT2D eigenvalue weighted by Gasteiger charge is 2.49. The molecular weight excluding hydrogens is 324 g/mol. The number of hydrogen-bond donors (Lipinski definition) is 1. The Hall–Kier alpha value is -0.0400. The molecule has 17 heavy (non-hydrogen) atoms. The lowest BCUT2D eigenvalue weighted by molar-refractivity contribution is 0.187. The average molecular weight is 337 g/mol. The quantitative estimate of drug-likeness (QED) is 0.836. The lowest BCUT2D eigenvalue weighted by Crippen LogP contribution is -2.44. The number of alkyl halides is 1. The second kappa shape index (κ2) is 5.30. The maximum absolute atomic E-state index is 12.1. The van der Waals surface area contributed by atoms with E-state index >= 15 is 0 Å². The van der Waals surface area contributed by atoms with Gasteiger partial charge in [0.2, 0.25) is 2.99 Å². The normalized spacial score (nSPS) is 35.4. The van der Waals surface area contributed by atoms with Crippen molar-refractivity contribution in [2.75, 3.05) is 11.5 Å². The number of benzene rings is 1. The predicted octanol–water partition coefficient (Wildman–Crippen LogP) is 1.67. The summed E-state index contributed by atoms with van der Waals surface area (Å²) in [7, 11) is -2.68. The van der Waals surface area contributed by atoms with Crippen LogP contribution in [-0.4, -0.2) is 28.0 Å². The van der Waals surface area contributed by atoms with E-state index in [1.54, 1.807) is 24.3 Å². The number of hydrogen-bond acceptors (Lipinski definition) is 3. The minimum atomic E-state index is -1.34. The second-order valence-electron chi connectivity index (χ2n) is 3.85. The van der Waals surface area contributed by atoms with Crippen LogP contribution in [0.4, 0.5) is 0 Å². The highest BCUT2D eigenvalue weighted by molar-refractivity contribution is 9.13. The van der Waals surface area contributed by atoms with Crippen LogP contribution in [-0.2, 0) is 21.6 Å². The van der Waals surface area contributed by atoms with Crippen LogP contribution in [0.1, 0.15) is 18.1 Å². The fourth-order valence-electron chi connectivity index (χ4n) is 1.79. The van der Waals surface area contributed by atoms with E-state index in [9.17, 15) is 13.5 Å². The summed E-state index contributed by atoms with van der Waals surface area (Å²) in [4.78, 5) is 0.